The Morgan fingerprint density at radius 2 is 1.70 bits per heavy atom. The zero-order valence-corrected chi connectivity index (χ0v) is 23.9. The Balaban J connectivity index is 2.57. The number of halogens is 1. The van der Waals surface area contributed by atoms with Gasteiger partial charge in [-0.3, -0.25) is 9.59 Å². The van der Waals surface area contributed by atoms with Crippen molar-refractivity contribution in [3.63, 3.8) is 0 Å². The normalized spacial score (nSPS) is 13.3. The van der Waals surface area contributed by atoms with Gasteiger partial charge in [-0.1, -0.05) is 35.9 Å². The molecule has 0 saturated heterocycles. The molecule has 2 aromatic carbocycles. The van der Waals surface area contributed by atoms with Gasteiger partial charge in [0.05, 0.1) is 10.7 Å². The summed E-state index contributed by atoms with van der Waals surface area (Å²) in [5.74, 6) is -1.20. The molecule has 0 aliphatic heterocycles. The number of carbonyl (C=O) groups is 3. The predicted molar refractivity (Wildman–Crippen MR) is 149 cm³/mol. The van der Waals surface area contributed by atoms with Crippen molar-refractivity contribution in [2.24, 2.45) is 0 Å². The molecule has 202 valence electrons. The highest BCUT2D eigenvalue weighted by molar-refractivity contribution is 7.80. The lowest BCUT2D eigenvalue weighted by atomic mass is 9.95. The van der Waals surface area contributed by atoms with Gasteiger partial charge in [0.25, 0.3) is 5.91 Å². The standard InChI is InChI=1S/C27H36ClN3O5S/c1-16-10-8-13-19(28)21(16)30-23(33)22(17-11-9-12-18(32)14-17)31(26(2,3)4)24(34)20(15-37)29-25(35)36-27(5,6)7/h8-14,20,22,32,37H,15H2,1-7H3,(H,29,35)(H,30,33). The monoisotopic (exact) mass is 549 g/mol. The molecule has 3 N–H and O–H groups in total. The molecule has 0 fully saturated rings. The number of thiol groups is 1. The zero-order chi connectivity index (χ0) is 28.1. The van der Waals surface area contributed by atoms with Crippen LogP contribution in [0.3, 0.4) is 0 Å². The fourth-order valence-corrected chi connectivity index (χ4v) is 4.26. The number of carbonyl (C=O) groups excluding carboxylic acids is 3. The Labute approximate surface area is 229 Å². The number of alkyl carbamates (subject to hydrolysis) is 1. The Morgan fingerprint density at radius 1 is 1.08 bits per heavy atom. The van der Waals surface area contributed by atoms with Crippen LogP contribution in [-0.2, 0) is 14.3 Å². The van der Waals surface area contributed by atoms with Crippen LogP contribution >= 0.6 is 24.2 Å². The topological polar surface area (TPSA) is 108 Å². The Kier molecular flexibility index (Phi) is 9.91. The highest BCUT2D eigenvalue weighted by atomic mass is 35.5. The van der Waals surface area contributed by atoms with Gasteiger partial charge in [0.15, 0.2) is 0 Å². The van der Waals surface area contributed by atoms with Crippen LogP contribution in [0.15, 0.2) is 42.5 Å². The van der Waals surface area contributed by atoms with Crippen LogP contribution in [0.25, 0.3) is 0 Å². The number of nitrogens with zero attached hydrogens (tertiary/aromatic N) is 1. The van der Waals surface area contributed by atoms with Crippen LogP contribution in [0, 0.1) is 6.92 Å². The molecular weight excluding hydrogens is 514 g/mol. The van der Waals surface area contributed by atoms with Gasteiger partial charge in [0.1, 0.15) is 23.4 Å². The quantitative estimate of drug-likeness (QED) is 0.342. The molecule has 0 aliphatic carbocycles. The van der Waals surface area contributed by atoms with Gasteiger partial charge in [-0.05, 0) is 77.8 Å². The van der Waals surface area contributed by atoms with E-state index in [1.165, 1.54) is 17.0 Å². The van der Waals surface area contributed by atoms with Crippen LogP contribution in [0.2, 0.25) is 5.02 Å². The minimum absolute atomic E-state index is 0.0390. The van der Waals surface area contributed by atoms with Gasteiger partial charge in [-0.25, -0.2) is 4.79 Å². The molecule has 0 saturated carbocycles. The number of rotatable bonds is 7. The smallest absolute Gasteiger partial charge is 0.408 e. The molecule has 0 bridgehead atoms. The highest BCUT2D eigenvalue weighted by Crippen LogP contribution is 2.34. The molecule has 2 aromatic rings. The van der Waals surface area contributed by atoms with Gasteiger partial charge in [0.2, 0.25) is 5.91 Å². The number of hydrogen-bond donors (Lipinski definition) is 4. The summed E-state index contributed by atoms with van der Waals surface area (Å²) < 4.78 is 5.32. The fourth-order valence-electron chi connectivity index (χ4n) is 3.74. The van der Waals surface area contributed by atoms with E-state index in [2.05, 4.69) is 23.3 Å². The number of amides is 3. The number of aryl methyl sites for hydroxylation is 1. The summed E-state index contributed by atoms with van der Waals surface area (Å²) in [7, 11) is 0. The first-order valence-electron chi connectivity index (χ1n) is 11.8. The first kappa shape index (κ1) is 30.3. The summed E-state index contributed by atoms with van der Waals surface area (Å²) in [5.41, 5.74) is -0.131. The molecule has 3 amide bonds. The third-order valence-electron chi connectivity index (χ3n) is 5.29. The molecule has 37 heavy (non-hydrogen) atoms. The Morgan fingerprint density at radius 3 is 2.22 bits per heavy atom. The molecular formula is C27H36ClN3O5S. The third-order valence-corrected chi connectivity index (χ3v) is 5.97. The number of hydrogen-bond acceptors (Lipinski definition) is 6. The summed E-state index contributed by atoms with van der Waals surface area (Å²) in [5, 5.41) is 16.0. The molecule has 2 rings (SSSR count). The molecule has 8 nitrogen and oxygen atoms in total. The van der Waals surface area contributed by atoms with Crippen molar-refractivity contribution in [2.45, 2.75) is 71.7 Å². The molecule has 0 aliphatic rings. The molecule has 2 unspecified atom stereocenters. The molecule has 2 atom stereocenters. The number of anilines is 1. The number of ether oxygens (including phenoxy) is 1. The lowest BCUT2D eigenvalue weighted by Gasteiger charge is -2.43. The lowest BCUT2D eigenvalue weighted by Crippen LogP contribution is -2.58. The molecule has 0 heterocycles. The lowest BCUT2D eigenvalue weighted by molar-refractivity contribution is -0.146. The Bertz CT molecular complexity index is 1120. The molecule has 0 radical (unpaired) electrons. The van der Waals surface area contributed by atoms with E-state index in [4.69, 9.17) is 16.3 Å². The van der Waals surface area contributed by atoms with E-state index < -0.39 is 41.1 Å². The SMILES string of the molecule is Cc1cccc(Cl)c1NC(=O)C(c1cccc(O)c1)N(C(=O)C(CS)NC(=O)OC(C)(C)C)C(C)(C)C. The highest BCUT2D eigenvalue weighted by Gasteiger charge is 2.42. The zero-order valence-electron chi connectivity index (χ0n) is 22.3. The van der Waals surface area contributed by atoms with E-state index in [0.29, 0.717) is 16.3 Å². The van der Waals surface area contributed by atoms with Gasteiger partial charge >= 0.3 is 6.09 Å². The minimum Gasteiger partial charge on any atom is -0.508 e. The summed E-state index contributed by atoms with van der Waals surface area (Å²) in [6.45, 7) is 12.3. The maximum absolute atomic E-state index is 14.0. The van der Waals surface area contributed by atoms with Gasteiger partial charge in [0, 0.05) is 11.3 Å². The van der Waals surface area contributed by atoms with Crippen molar-refractivity contribution in [3.05, 3.63) is 58.6 Å². The van der Waals surface area contributed by atoms with Gasteiger partial charge in [-0.15, -0.1) is 0 Å². The maximum atomic E-state index is 14.0. The van der Waals surface area contributed by atoms with E-state index >= 15 is 0 Å². The van der Waals surface area contributed by atoms with E-state index in [9.17, 15) is 19.5 Å². The number of phenols is 1. The van der Waals surface area contributed by atoms with E-state index in [1.807, 2.05) is 0 Å². The summed E-state index contributed by atoms with van der Waals surface area (Å²) in [6, 6.07) is 9.09. The van der Waals surface area contributed by atoms with Gasteiger partial charge in [-0.2, -0.15) is 12.6 Å². The second-order valence-corrected chi connectivity index (χ2v) is 11.5. The second-order valence-electron chi connectivity index (χ2n) is 10.7. The van der Waals surface area contributed by atoms with Crippen LogP contribution < -0.4 is 10.6 Å². The number of benzene rings is 2. The number of para-hydroxylation sites is 1. The Hall–Kier alpha value is -2.91. The fraction of sp³-hybridized carbons (Fsp3) is 0.444. The largest absolute Gasteiger partial charge is 0.508 e. The van der Waals surface area contributed by atoms with Crippen molar-refractivity contribution in [1.82, 2.24) is 10.2 Å². The van der Waals surface area contributed by atoms with Crippen molar-refractivity contribution in [1.29, 1.82) is 0 Å². The molecule has 0 aromatic heterocycles. The average Bonchev–Trinajstić information content (AvgIpc) is 2.75. The van der Waals surface area contributed by atoms with Crippen molar-refractivity contribution in [3.8, 4) is 5.75 Å². The summed E-state index contributed by atoms with van der Waals surface area (Å²) in [6.07, 6.45) is -0.779. The number of phenolic OH excluding ortho intramolecular Hbond substituents is 1. The van der Waals surface area contributed by atoms with Crippen molar-refractivity contribution in [2.75, 3.05) is 11.1 Å². The van der Waals surface area contributed by atoms with Crippen LogP contribution in [-0.4, -0.2) is 50.8 Å². The van der Waals surface area contributed by atoms with Crippen LogP contribution in [0.5, 0.6) is 5.75 Å². The first-order valence-corrected chi connectivity index (χ1v) is 12.8. The predicted octanol–water partition coefficient (Wildman–Crippen LogP) is 5.48. The summed E-state index contributed by atoms with van der Waals surface area (Å²) >= 11 is 10.6. The summed E-state index contributed by atoms with van der Waals surface area (Å²) in [4.78, 5) is 41.7. The van der Waals surface area contributed by atoms with Crippen molar-refractivity contribution < 1.29 is 24.2 Å². The van der Waals surface area contributed by atoms with Crippen LogP contribution in [0.1, 0.15) is 58.7 Å². The first-order chi connectivity index (χ1) is 17.0. The van der Waals surface area contributed by atoms with E-state index in [1.54, 1.807) is 78.8 Å². The maximum Gasteiger partial charge on any atom is 0.408 e. The van der Waals surface area contributed by atoms with Gasteiger partial charge < -0.3 is 25.4 Å². The second kappa shape index (κ2) is 12.1. The molecule has 0 spiro atoms. The molecule has 10 heteroatoms. The third kappa shape index (κ3) is 8.30. The number of aromatic hydroxyl groups is 1. The van der Waals surface area contributed by atoms with E-state index in [-0.39, 0.29) is 11.5 Å². The average molecular weight is 550 g/mol. The number of nitrogens with one attached hydrogen (secondary N) is 2. The minimum atomic E-state index is -1.18. The van der Waals surface area contributed by atoms with Crippen LogP contribution in [0.4, 0.5) is 10.5 Å². The van der Waals surface area contributed by atoms with E-state index in [0.717, 1.165) is 5.56 Å². The van der Waals surface area contributed by atoms with Crippen molar-refractivity contribution >= 4 is 47.8 Å².